The van der Waals surface area contributed by atoms with E-state index in [4.69, 9.17) is 11.0 Å². The van der Waals surface area contributed by atoms with Crippen LogP contribution in [0.1, 0.15) is 31.3 Å². The summed E-state index contributed by atoms with van der Waals surface area (Å²) in [7, 11) is 0. The Balaban J connectivity index is 2.83. The summed E-state index contributed by atoms with van der Waals surface area (Å²) < 4.78 is 1.89. The Bertz CT molecular complexity index is 545. The van der Waals surface area contributed by atoms with E-state index in [0.717, 1.165) is 11.3 Å². The minimum Gasteiger partial charge on any atom is -0.398 e. The topological polar surface area (TPSA) is 67.1 Å². The number of nitrogens with zero attached hydrogens (tertiary/aromatic N) is 3. The smallest absolute Gasteiger partial charge is 0.166 e. The second kappa shape index (κ2) is 3.28. The molecule has 15 heavy (non-hydrogen) atoms. The first kappa shape index (κ1) is 9.53. The molecule has 76 valence electrons. The van der Waals surface area contributed by atoms with Crippen LogP contribution >= 0.6 is 0 Å². The van der Waals surface area contributed by atoms with E-state index in [9.17, 15) is 0 Å². The van der Waals surface area contributed by atoms with E-state index >= 15 is 0 Å². The average Bonchev–Trinajstić information content (AvgIpc) is 2.55. The van der Waals surface area contributed by atoms with Gasteiger partial charge < -0.3 is 10.1 Å². The molecule has 0 saturated carbocycles. The van der Waals surface area contributed by atoms with Crippen LogP contribution in [-0.2, 0) is 0 Å². The Labute approximate surface area is 88.0 Å². The van der Waals surface area contributed by atoms with E-state index < -0.39 is 0 Å². The van der Waals surface area contributed by atoms with E-state index in [2.05, 4.69) is 11.1 Å². The van der Waals surface area contributed by atoms with Crippen molar-refractivity contribution in [1.82, 2.24) is 9.38 Å². The summed E-state index contributed by atoms with van der Waals surface area (Å²) in [6.07, 6.45) is 1.80. The van der Waals surface area contributed by atoms with Gasteiger partial charge in [0.05, 0.1) is 5.52 Å². The van der Waals surface area contributed by atoms with Crippen LogP contribution in [0.25, 0.3) is 5.52 Å². The molecular formula is C11H12N4. The molecule has 4 heteroatoms. The fraction of sp³-hybridized carbons (Fsp3) is 0.273. The van der Waals surface area contributed by atoms with Crippen LogP contribution in [0.3, 0.4) is 0 Å². The summed E-state index contributed by atoms with van der Waals surface area (Å²) >= 11 is 0. The number of anilines is 1. The van der Waals surface area contributed by atoms with Crippen molar-refractivity contribution in [2.24, 2.45) is 0 Å². The zero-order valence-electron chi connectivity index (χ0n) is 8.73. The molecule has 2 aromatic rings. The SMILES string of the molecule is CC(C)c1nc(C#N)c2ccc(N)cn12. The lowest BCUT2D eigenvalue weighted by atomic mass is 10.2. The van der Waals surface area contributed by atoms with Gasteiger partial charge in [-0.05, 0) is 12.1 Å². The van der Waals surface area contributed by atoms with Gasteiger partial charge in [-0.25, -0.2) is 4.98 Å². The molecule has 2 N–H and O–H groups in total. The van der Waals surface area contributed by atoms with Crippen molar-refractivity contribution in [3.8, 4) is 6.07 Å². The summed E-state index contributed by atoms with van der Waals surface area (Å²) in [5.41, 5.74) is 7.66. The highest BCUT2D eigenvalue weighted by Crippen LogP contribution is 2.20. The third-order valence-corrected chi connectivity index (χ3v) is 2.31. The monoisotopic (exact) mass is 200 g/mol. The second-order valence-electron chi connectivity index (χ2n) is 3.80. The Kier molecular flexibility index (Phi) is 2.09. The zero-order valence-corrected chi connectivity index (χ0v) is 8.73. The van der Waals surface area contributed by atoms with Gasteiger partial charge in [0.2, 0.25) is 0 Å². The summed E-state index contributed by atoms with van der Waals surface area (Å²) in [6, 6.07) is 5.70. The van der Waals surface area contributed by atoms with Crippen molar-refractivity contribution in [1.29, 1.82) is 5.26 Å². The van der Waals surface area contributed by atoms with Crippen LogP contribution < -0.4 is 5.73 Å². The van der Waals surface area contributed by atoms with E-state index in [-0.39, 0.29) is 5.92 Å². The molecule has 2 heterocycles. The van der Waals surface area contributed by atoms with Gasteiger partial charge in [0.25, 0.3) is 0 Å². The lowest BCUT2D eigenvalue weighted by Gasteiger charge is -2.04. The molecular weight excluding hydrogens is 188 g/mol. The Morgan fingerprint density at radius 3 is 2.80 bits per heavy atom. The van der Waals surface area contributed by atoms with Crippen molar-refractivity contribution in [3.05, 3.63) is 29.8 Å². The van der Waals surface area contributed by atoms with Crippen molar-refractivity contribution in [3.63, 3.8) is 0 Å². The average molecular weight is 200 g/mol. The van der Waals surface area contributed by atoms with Crippen LogP contribution in [0.4, 0.5) is 5.69 Å². The molecule has 0 bridgehead atoms. The molecule has 0 atom stereocenters. The number of pyridine rings is 1. The summed E-state index contributed by atoms with van der Waals surface area (Å²) in [5, 5.41) is 8.94. The van der Waals surface area contributed by atoms with Crippen LogP contribution in [0.2, 0.25) is 0 Å². The maximum absolute atomic E-state index is 8.94. The maximum Gasteiger partial charge on any atom is 0.166 e. The van der Waals surface area contributed by atoms with Crippen LogP contribution in [0.5, 0.6) is 0 Å². The number of aromatic nitrogens is 2. The number of nitrogen functional groups attached to an aromatic ring is 1. The largest absolute Gasteiger partial charge is 0.398 e. The van der Waals surface area contributed by atoms with E-state index in [1.165, 1.54) is 0 Å². The van der Waals surface area contributed by atoms with Gasteiger partial charge in [-0.1, -0.05) is 13.8 Å². The van der Waals surface area contributed by atoms with Gasteiger partial charge in [0, 0.05) is 17.8 Å². The zero-order chi connectivity index (χ0) is 11.0. The summed E-state index contributed by atoms with van der Waals surface area (Å²) in [5.74, 6) is 1.13. The van der Waals surface area contributed by atoms with Crippen LogP contribution in [-0.4, -0.2) is 9.38 Å². The number of nitrogens with two attached hydrogens (primary N) is 1. The van der Waals surface area contributed by atoms with Crippen molar-refractivity contribution < 1.29 is 0 Å². The summed E-state index contributed by atoms with van der Waals surface area (Å²) in [4.78, 5) is 4.29. The molecule has 0 radical (unpaired) electrons. The van der Waals surface area contributed by atoms with Gasteiger partial charge in [-0.2, -0.15) is 5.26 Å². The quantitative estimate of drug-likeness (QED) is 0.764. The van der Waals surface area contributed by atoms with Crippen LogP contribution in [0, 0.1) is 11.3 Å². The Morgan fingerprint density at radius 2 is 2.20 bits per heavy atom. The van der Waals surface area contributed by atoms with Gasteiger partial charge in [0.15, 0.2) is 5.69 Å². The third-order valence-electron chi connectivity index (χ3n) is 2.31. The Morgan fingerprint density at radius 1 is 1.47 bits per heavy atom. The maximum atomic E-state index is 8.94. The van der Waals surface area contributed by atoms with Gasteiger partial charge in [0.1, 0.15) is 11.9 Å². The predicted octanol–water partition coefficient (Wildman–Crippen LogP) is 1.91. The minimum atomic E-state index is 0.265. The molecule has 2 rings (SSSR count). The lowest BCUT2D eigenvalue weighted by molar-refractivity contribution is 0.770. The predicted molar refractivity (Wildman–Crippen MR) is 58.4 cm³/mol. The van der Waals surface area contributed by atoms with E-state index in [0.29, 0.717) is 11.4 Å². The number of nitriles is 1. The highest BCUT2D eigenvalue weighted by molar-refractivity contribution is 5.61. The van der Waals surface area contributed by atoms with Gasteiger partial charge in [-0.15, -0.1) is 0 Å². The molecule has 0 aromatic carbocycles. The lowest BCUT2D eigenvalue weighted by Crippen LogP contribution is -1.98. The van der Waals surface area contributed by atoms with E-state index in [1.807, 2.05) is 24.3 Å². The van der Waals surface area contributed by atoms with Crippen molar-refractivity contribution in [2.75, 3.05) is 5.73 Å². The summed E-state index contributed by atoms with van der Waals surface area (Å²) in [6.45, 7) is 4.08. The van der Waals surface area contributed by atoms with Gasteiger partial charge in [-0.3, -0.25) is 0 Å². The number of hydrogen-bond acceptors (Lipinski definition) is 3. The number of imidazole rings is 1. The Hall–Kier alpha value is -2.02. The number of hydrogen-bond donors (Lipinski definition) is 1. The number of rotatable bonds is 1. The van der Waals surface area contributed by atoms with Crippen molar-refractivity contribution in [2.45, 2.75) is 19.8 Å². The molecule has 0 spiro atoms. The van der Waals surface area contributed by atoms with Gasteiger partial charge >= 0.3 is 0 Å². The fourth-order valence-corrected chi connectivity index (χ4v) is 1.61. The van der Waals surface area contributed by atoms with E-state index in [1.54, 1.807) is 12.3 Å². The first-order valence-corrected chi connectivity index (χ1v) is 4.81. The molecule has 0 fully saturated rings. The highest BCUT2D eigenvalue weighted by atomic mass is 15.0. The normalized spacial score (nSPS) is 10.8. The standard InChI is InChI=1S/C11H12N4/c1-7(2)11-14-9(5-12)10-4-3-8(13)6-15(10)11/h3-4,6-7H,13H2,1-2H3. The first-order valence-electron chi connectivity index (χ1n) is 4.81. The molecule has 0 aliphatic rings. The molecule has 4 nitrogen and oxygen atoms in total. The molecule has 0 aliphatic heterocycles. The minimum absolute atomic E-state index is 0.265. The fourth-order valence-electron chi connectivity index (χ4n) is 1.61. The first-order chi connectivity index (χ1) is 7.13. The highest BCUT2D eigenvalue weighted by Gasteiger charge is 2.12. The molecule has 0 amide bonds. The molecule has 0 saturated heterocycles. The van der Waals surface area contributed by atoms with Crippen LogP contribution in [0.15, 0.2) is 18.3 Å². The third kappa shape index (κ3) is 1.42. The van der Waals surface area contributed by atoms with Crippen molar-refractivity contribution >= 4 is 11.2 Å². The number of fused-ring (bicyclic) bond motifs is 1. The molecule has 2 aromatic heterocycles. The second-order valence-corrected chi connectivity index (χ2v) is 3.80. The molecule has 0 unspecified atom stereocenters. The molecule has 0 aliphatic carbocycles.